The molecule has 0 N–H and O–H groups in total. The lowest BCUT2D eigenvalue weighted by Gasteiger charge is -2.25. The fourth-order valence-corrected chi connectivity index (χ4v) is 5.31. The van der Waals surface area contributed by atoms with Gasteiger partial charge in [0.15, 0.2) is 16.3 Å². The Labute approximate surface area is 233 Å². The van der Waals surface area contributed by atoms with E-state index in [0.717, 1.165) is 0 Å². The molecule has 1 atom stereocenters. The van der Waals surface area contributed by atoms with Crippen LogP contribution in [0.25, 0.3) is 6.08 Å². The predicted molar refractivity (Wildman–Crippen MR) is 147 cm³/mol. The Morgan fingerprint density at radius 1 is 0.975 bits per heavy atom. The molecule has 0 fully saturated rings. The number of allylic oxidation sites excluding steroid dienone is 1. The lowest BCUT2D eigenvalue weighted by Crippen LogP contribution is -2.40. The predicted octanol–water partition coefficient (Wildman–Crippen LogP) is 3.05. The van der Waals surface area contributed by atoms with Crippen molar-refractivity contribution in [2.24, 2.45) is 4.99 Å². The smallest absolute Gasteiger partial charge is 0.338 e. The minimum absolute atomic E-state index is 0.145. The Bertz CT molecular complexity index is 1680. The molecular formula is C29H28N2O8S. The van der Waals surface area contributed by atoms with Gasteiger partial charge in [-0.3, -0.25) is 19.0 Å². The summed E-state index contributed by atoms with van der Waals surface area (Å²) in [6.07, 6.45) is 1.71. The highest BCUT2D eigenvalue weighted by Crippen LogP contribution is 2.36. The molecule has 208 valence electrons. The van der Waals surface area contributed by atoms with Gasteiger partial charge in [0.25, 0.3) is 5.56 Å². The number of carbonyl (C=O) groups excluding carboxylic acids is 3. The van der Waals surface area contributed by atoms with Gasteiger partial charge in [-0.25, -0.2) is 9.79 Å². The molecule has 10 nitrogen and oxygen atoms in total. The molecule has 11 heteroatoms. The number of esters is 3. The van der Waals surface area contributed by atoms with Crippen LogP contribution in [0.5, 0.6) is 17.2 Å². The molecule has 0 aliphatic carbocycles. The number of hydrogen-bond acceptors (Lipinski definition) is 10. The average molecular weight is 565 g/mol. The molecule has 0 radical (unpaired) electrons. The van der Waals surface area contributed by atoms with Gasteiger partial charge in [0, 0.05) is 13.8 Å². The Morgan fingerprint density at radius 2 is 1.68 bits per heavy atom. The third kappa shape index (κ3) is 6.04. The zero-order valence-corrected chi connectivity index (χ0v) is 23.5. The van der Waals surface area contributed by atoms with Crippen molar-refractivity contribution in [2.75, 3.05) is 13.2 Å². The van der Waals surface area contributed by atoms with E-state index in [0.29, 0.717) is 44.3 Å². The van der Waals surface area contributed by atoms with Crippen LogP contribution < -0.4 is 29.1 Å². The molecule has 1 unspecified atom stereocenters. The van der Waals surface area contributed by atoms with Crippen LogP contribution in [0.1, 0.15) is 51.8 Å². The number of thiazole rings is 1. The molecule has 2 aromatic carbocycles. The maximum absolute atomic E-state index is 13.8. The first-order chi connectivity index (χ1) is 19.1. The van der Waals surface area contributed by atoms with Crippen molar-refractivity contribution in [2.45, 2.75) is 40.7 Å². The summed E-state index contributed by atoms with van der Waals surface area (Å²) in [6.45, 7) is 8.24. The first kappa shape index (κ1) is 28.5. The molecule has 0 saturated carbocycles. The van der Waals surface area contributed by atoms with Gasteiger partial charge in [0.1, 0.15) is 5.75 Å². The van der Waals surface area contributed by atoms with Crippen LogP contribution >= 0.6 is 11.3 Å². The number of benzene rings is 2. The standard InChI is InChI=1S/C29H28N2O8S/c1-6-36-23-15-20(10-13-22(23)39-18(5)33)26-25(28(35)37-7-2)16(3)30-29-31(26)27(34)24(40-29)14-19-8-11-21(12-9-19)38-17(4)32/h8-15,26H,6-7H2,1-5H3. The van der Waals surface area contributed by atoms with Crippen molar-refractivity contribution in [3.63, 3.8) is 0 Å². The molecule has 4 rings (SSSR count). The van der Waals surface area contributed by atoms with Crippen molar-refractivity contribution in [1.82, 2.24) is 4.57 Å². The summed E-state index contributed by atoms with van der Waals surface area (Å²) in [4.78, 5) is 54.8. The Kier molecular flexibility index (Phi) is 8.64. The monoisotopic (exact) mass is 564 g/mol. The molecule has 0 amide bonds. The quantitative estimate of drug-likeness (QED) is 0.302. The summed E-state index contributed by atoms with van der Waals surface area (Å²) in [7, 11) is 0. The average Bonchev–Trinajstić information content (AvgIpc) is 3.19. The van der Waals surface area contributed by atoms with E-state index < -0.39 is 23.9 Å². The second-order valence-electron chi connectivity index (χ2n) is 8.70. The van der Waals surface area contributed by atoms with Crippen molar-refractivity contribution >= 4 is 35.3 Å². The van der Waals surface area contributed by atoms with E-state index in [2.05, 4.69) is 4.99 Å². The van der Waals surface area contributed by atoms with Crippen LogP contribution in [0.3, 0.4) is 0 Å². The second kappa shape index (κ2) is 12.1. The number of carbonyl (C=O) groups is 3. The van der Waals surface area contributed by atoms with Gasteiger partial charge in [-0.2, -0.15) is 0 Å². The third-order valence-corrected chi connectivity index (χ3v) is 6.78. The first-order valence-electron chi connectivity index (χ1n) is 12.6. The number of fused-ring (bicyclic) bond motifs is 1. The van der Waals surface area contributed by atoms with Gasteiger partial charge in [-0.05, 0) is 62.2 Å². The molecule has 2 heterocycles. The molecule has 0 spiro atoms. The van der Waals surface area contributed by atoms with Crippen molar-refractivity contribution in [3.05, 3.63) is 84.5 Å². The largest absolute Gasteiger partial charge is 0.490 e. The topological polar surface area (TPSA) is 122 Å². The maximum atomic E-state index is 13.8. The van der Waals surface area contributed by atoms with Gasteiger partial charge < -0.3 is 18.9 Å². The molecule has 1 aliphatic heterocycles. The normalized spacial score (nSPS) is 14.7. The summed E-state index contributed by atoms with van der Waals surface area (Å²) in [5.74, 6) is -0.619. The van der Waals surface area contributed by atoms with Crippen LogP contribution in [0.2, 0.25) is 0 Å². The highest BCUT2D eigenvalue weighted by atomic mass is 32.1. The fraction of sp³-hybridized carbons (Fsp3) is 0.276. The van der Waals surface area contributed by atoms with Crippen molar-refractivity contribution < 1.29 is 33.3 Å². The second-order valence-corrected chi connectivity index (χ2v) is 9.71. The van der Waals surface area contributed by atoms with Crippen molar-refractivity contribution in [3.8, 4) is 17.2 Å². The molecular weight excluding hydrogens is 536 g/mol. The van der Waals surface area contributed by atoms with E-state index in [1.807, 2.05) is 0 Å². The van der Waals surface area contributed by atoms with Gasteiger partial charge >= 0.3 is 17.9 Å². The van der Waals surface area contributed by atoms with Gasteiger partial charge in [0.05, 0.1) is 35.1 Å². The van der Waals surface area contributed by atoms with E-state index in [9.17, 15) is 19.2 Å². The third-order valence-electron chi connectivity index (χ3n) is 5.79. The van der Waals surface area contributed by atoms with E-state index in [1.165, 1.54) is 29.8 Å². The minimum Gasteiger partial charge on any atom is -0.490 e. The summed E-state index contributed by atoms with van der Waals surface area (Å²) in [5.41, 5.74) is 1.55. The molecule has 0 bridgehead atoms. The van der Waals surface area contributed by atoms with E-state index in [-0.39, 0.29) is 23.5 Å². The zero-order valence-electron chi connectivity index (χ0n) is 22.7. The summed E-state index contributed by atoms with van der Waals surface area (Å²) < 4.78 is 23.3. The Morgan fingerprint density at radius 3 is 2.30 bits per heavy atom. The SMILES string of the molecule is CCOC(=O)C1=C(C)N=c2sc(=Cc3ccc(OC(C)=O)cc3)c(=O)n2C1c1ccc(OC(C)=O)c(OCC)c1. The first-order valence-corrected chi connectivity index (χ1v) is 13.4. The minimum atomic E-state index is -0.866. The summed E-state index contributed by atoms with van der Waals surface area (Å²) >= 11 is 1.18. The van der Waals surface area contributed by atoms with E-state index >= 15 is 0 Å². The van der Waals surface area contributed by atoms with Crippen LogP contribution in [0, 0.1) is 0 Å². The fourth-order valence-electron chi connectivity index (χ4n) is 4.26. The number of hydrogen-bond donors (Lipinski definition) is 0. The molecule has 0 saturated heterocycles. The van der Waals surface area contributed by atoms with Crippen LogP contribution in [0.4, 0.5) is 0 Å². The summed E-state index contributed by atoms with van der Waals surface area (Å²) in [5, 5.41) is 0. The van der Waals surface area contributed by atoms with Crippen LogP contribution in [0.15, 0.2) is 63.5 Å². The molecule has 3 aromatic rings. The zero-order chi connectivity index (χ0) is 29.0. The Hall–Kier alpha value is -4.51. The van der Waals surface area contributed by atoms with Crippen LogP contribution in [-0.2, 0) is 19.1 Å². The lowest BCUT2D eigenvalue weighted by atomic mass is 9.95. The van der Waals surface area contributed by atoms with Gasteiger partial charge in [-0.1, -0.05) is 29.5 Å². The summed E-state index contributed by atoms with van der Waals surface area (Å²) in [6, 6.07) is 10.8. The van der Waals surface area contributed by atoms with Crippen molar-refractivity contribution in [1.29, 1.82) is 0 Å². The highest BCUT2D eigenvalue weighted by molar-refractivity contribution is 7.07. The number of rotatable bonds is 8. The molecule has 1 aromatic heterocycles. The van der Waals surface area contributed by atoms with Gasteiger partial charge in [0.2, 0.25) is 0 Å². The number of aromatic nitrogens is 1. The Balaban J connectivity index is 1.89. The highest BCUT2D eigenvalue weighted by Gasteiger charge is 2.34. The van der Waals surface area contributed by atoms with E-state index in [1.54, 1.807) is 69.3 Å². The van der Waals surface area contributed by atoms with Gasteiger partial charge in [-0.15, -0.1) is 0 Å². The molecule has 40 heavy (non-hydrogen) atoms. The van der Waals surface area contributed by atoms with Crippen LogP contribution in [-0.4, -0.2) is 35.7 Å². The number of ether oxygens (including phenoxy) is 4. The number of nitrogens with zero attached hydrogens (tertiary/aromatic N) is 2. The molecule has 1 aliphatic rings. The maximum Gasteiger partial charge on any atom is 0.338 e. The lowest BCUT2D eigenvalue weighted by molar-refractivity contribution is -0.139. The van der Waals surface area contributed by atoms with E-state index in [4.69, 9.17) is 18.9 Å².